The number of rotatable bonds is 6. The lowest BCUT2D eigenvalue weighted by Crippen LogP contribution is -2.07. The molecule has 144 valence electrons. The summed E-state index contributed by atoms with van der Waals surface area (Å²) in [6.07, 6.45) is 4.69. The zero-order valence-electron chi connectivity index (χ0n) is 16.8. The van der Waals surface area contributed by atoms with E-state index in [2.05, 4.69) is 81.8 Å². The molecular weight excluding hydrogens is 356 g/mol. The number of hydrogen-bond acceptors (Lipinski definition) is 4. The predicted octanol–water partition coefficient (Wildman–Crippen LogP) is 5.48. The Hall–Kier alpha value is -3.53. The van der Waals surface area contributed by atoms with Crippen LogP contribution in [0.4, 0.5) is 5.82 Å². The first-order chi connectivity index (χ1) is 14.2. The molecule has 2 heterocycles. The van der Waals surface area contributed by atoms with Crippen LogP contribution in [0.25, 0.3) is 22.4 Å². The molecule has 0 saturated heterocycles. The molecule has 1 N–H and O–H groups in total. The monoisotopic (exact) mass is 380 g/mol. The molecule has 4 nitrogen and oxygen atoms in total. The number of aromatic nitrogens is 3. The quantitative estimate of drug-likeness (QED) is 0.481. The van der Waals surface area contributed by atoms with Crippen LogP contribution in [0.2, 0.25) is 0 Å². The third kappa shape index (κ3) is 4.85. The summed E-state index contributed by atoms with van der Waals surface area (Å²) in [6.45, 7) is 4.83. The molecule has 0 unspecified atom stereocenters. The molecule has 2 aromatic heterocycles. The zero-order valence-corrected chi connectivity index (χ0v) is 16.8. The van der Waals surface area contributed by atoms with Gasteiger partial charge in [-0.25, -0.2) is 9.97 Å². The van der Waals surface area contributed by atoms with E-state index in [4.69, 9.17) is 0 Å². The first-order valence-electron chi connectivity index (χ1n) is 9.83. The Balaban J connectivity index is 1.54. The number of benzene rings is 2. The molecule has 0 atom stereocenters. The number of anilines is 1. The molecule has 4 heteroatoms. The average Bonchev–Trinajstić information content (AvgIpc) is 2.75. The largest absolute Gasteiger partial charge is 0.370 e. The normalized spacial score (nSPS) is 10.7. The van der Waals surface area contributed by atoms with E-state index in [1.54, 1.807) is 0 Å². The van der Waals surface area contributed by atoms with Gasteiger partial charge in [-0.3, -0.25) is 4.98 Å². The number of pyridine rings is 1. The molecule has 29 heavy (non-hydrogen) atoms. The molecule has 0 aliphatic carbocycles. The summed E-state index contributed by atoms with van der Waals surface area (Å²) in [4.78, 5) is 13.6. The van der Waals surface area contributed by atoms with E-state index in [9.17, 15) is 0 Å². The van der Waals surface area contributed by atoms with Crippen LogP contribution in [0, 0.1) is 13.8 Å². The van der Waals surface area contributed by atoms with E-state index >= 15 is 0 Å². The minimum Gasteiger partial charge on any atom is -0.370 e. The number of aryl methyl sites for hydroxylation is 2. The van der Waals surface area contributed by atoms with Gasteiger partial charge in [-0.15, -0.1) is 0 Å². The molecule has 4 aromatic rings. The standard InChI is InChI=1S/C25H24N4/c1-18-8-10-21(11-9-18)22-14-23(17-26-16-22)24-15-25(29-19(2)28-24)27-13-12-20-6-4-3-5-7-20/h3-11,14-17H,12-13H2,1-2H3,(H,27,28,29). The Morgan fingerprint density at radius 2 is 1.52 bits per heavy atom. The van der Waals surface area contributed by atoms with Crippen molar-refractivity contribution in [3.8, 4) is 22.4 Å². The van der Waals surface area contributed by atoms with Crippen LogP contribution < -0.4 is 5.32 Å². The van der Waals surface area contributed by atoms with Crippen molar-refractivity contribution in [2.75, 3.05) is 11.9 Å². The molecule has 0 fully saturated rings. The van der Waals surface area contributed by atoms with E-state index in [1.807, 2.05) is 31.5 Å². The lowest BCUT2D eigenvalue weighted by atomic mass is 10.0. The van der Waals surface area contributed by atoms with Gasteiger partial charge in [0.05, 0.1) is 5.69 Å². The fourth-order valence-corrected chi connectivity index (χ4v) is 3.27. The number of nitrogens with zero attached hydrogens (tertiary/aromatic N) is 3. The summed E-state index contributed by atoms with van der Waals surface area (Å²) in [7, 11) is 0. The van der Waals surface area contributed by atoms with Gasteiger partial charge in [0.1, 0.15) is 11.6 Å². The third-order valence-corrected chi connectivity index (χ3v) is 4.82. The van der Waals surface area contributed by atoms with Crippen molar-refractivity contribution in [1.29, 1.82) is 0 Å². The van der Waals surface area contributed by atoms with Crippen LogP contribution in [0.3, 0.4) is 0 Å². The second-order valence-electron chi connectivity index (χ2n) is 7.18. The molecule has 0 saturated carbocycles. The topological polar surface area (TPSA) is 50.7 Å². The highest BCUT2D eigenvalue weighted by molar-refractivity contribution is 5.71. The highest BCUT2D eigenvalue weighted by Crippen LogP contribution is 2.25. The molecule has 0 bridgehead atoms. The van der Waals surface area contributed by atoms with Gasteiger partial charge in [0.2, 0.25) is 0 Å². The van der Waals surface area contributed by atoms with Crippen molar-refractivity contribution in [3.05, 3.63) is 96.1 Å². The van der Waals surface area contributed by atoms with Crippen LogP contribution in [0.1, 0.15) is 17.0 Å². The van der Waals surface area contributed by atoms with Crippen molar-refractivity contribution >= 4 is 5.82 Å². The smallest absolute Gasteiger partial charge is 0.130 e. The lowest BCUT2D eigenvalue weighted by Gasteiger charge is -2.10. The Kier molecular flexibility index (Phi) is 5.61. The van der Waals surface area contributed by atoms with E-state index in [0.29, 0.717) is 0 Å². The lowest BCUT2D eigenvalue weighted by molar-refractivity contribution is 0.983. The van der Waals surface area contributed by atoms with Crippen LogP contribution in [0.15, 0.2) is 79.1 Å². The van der Waals surface area contributed by atoms with Gasteiger partial charge in [-0.05, 0) is 37.5 Å². The molecule has 0 aliphatic rings. The fraction of sp³-hybridized carbons (Fsp3) is 0.160. The Bertz CT molecular complexity index is 1090. The second-order valence-corrected chi connectivity index (χ2v) is 7.18. The maximum absolute atomic E-state index is 4.63. The first kappa shape index (κ1) is 18.8. The zero-order chi connectivity index (χ0) is 20.1. The molecule has 0 aliphatic heterocycles. The average molecular weight is 380 g/mol. The SMILES string of the molecule is Cc1ccc(-c2cncc(-c3cc(NCCc4ccccc4)nc(C)n3)c2)cc1. The summed E-state index contributed by atoms with van der Waals surface area (Å²) in [6, 6.07) is 23.1. The van der Waals surface area contributed by atoms with Crippen LogP contribution in [0.5, 0.6) is 0 Å². The Labute approximate surface area is 171 Å². The number of nitrogens with one attached hydrogen (secondary N) is 1. The summed E-state index contributed by atoms with van der Waals surface area (Å²) in [5.74, 6) is 1.58. The highest BCUT2D eigenvalue weighted by atomic mass is 15.0. The molecule has 0 spiro atoms. The molecule has 2 aromatic carbocycles. The second kappa shape index (κ2) is 8.65. The van der Waals surface area contributed by atoms with Gasteiger partial charge >= 0.3 is 0 Å². The molecule has 4 rings (SSSR count). The van der Waals surface area contributed by atoms with Gasteiger partial charge in [0.25, 0.3) is 0 Å². The van der Waals surface area contributed by atoms with Gasteiger partial charge in [0.15, 0.2) is 0 Å². The minimum atomic E-state index is 0.741. The van der Waals surface area contributed by atoms with Gasteiger partial charge in [0, 0.05) is 36.1 Å². The van der Waals surface area contributed by atoms with Crippen molar-refractivity contribution in [3.63, 3.8) is 0 Å². The van der Waals surface area contributed by atoms with E-state index in [-0.39, 0.29) is 0 Å². The van der Waals surface area contributed by atoms with Crippen LogP contribution in [-0.4, -0.2) is 21.5 Å². The van der Waals surface area contributed by atoms with Crippen LogP contribution in [-0.2, 0) is 6.42 Å². The molecule has 0 amide bonds. The molecular formula is C25H24N4. The van der Waals surface area contributed by atoms with Crippen molar-refractivity contribution in [2.24, 2.45) is 0 Å². The summed E-state index contributed by atoms with van der Waals surface area (Å²) >= 11 is 0. The summed E-state index contributed by atoms with van der Waals surface area (Å²) < 4.78 is 0. The maximum atomic E-state index is 4.63. The van der Waals surface area contributed by atoms with Gasteiger partial charge in [-0.2, -0.15) is 0 Å². The Morgan fingerprint density at radius 3 is 2.31 bits per heavy atom. The fourth-order valence-electron chi connectivity index (χ4n) is 3.27. The van der Waals surface area contributed by atoms with Crippen molar-refractivity contribution < 1.29 is 0 Å². The predicted molar refractivity (Wildman–Crippen MR) is 119 cm³/mol. The van der Waals surface area contributed by atoms with Crippen molar-refractivity contribution in [2.45, 2.75) is 20.3 Å². The number of hydrogen-bond donors (Lipinski definition) is 1. The highest BCUT2D eigenvalue weighted by Gasteiger charge is 2.07. The van der Waals surface area contributed by atoms with Crippen molar-refractivity contribution in [1.82, 2.24) is 15.0 Å². The third-order valence-electron chi connectivity index (χ3n) is 4.82. The first-order valence-corrected chi connectivity index (χ1v) is 9.83. The van der Waals surface area contributed by atoms with E-state index < -0.39 is 0 Å². The summed E-state index contributed by atoms with van der Waals surface area (Å²) in [5.41, 5.74) is 6.65. The summed E-state index contributed by atoms with van der Waals surface area (Å²) in [5, 5.41) is 3.43. The van der Waals surface area contributed by atoms with Crippen LogP contribution >= 0.6 is 0 Å². The van der Waals surface area contributed by atoms with Gasteiger partial charge < -0.3 is 5.32 Å². The maximum Gasteiger partial charge on any atom is 0.130 e. The van der Waals surface area contributed by atoms with Gasteiger partial charge in [-0.1, -0.05) is 60.2 Å². The Morgan fingerprint density at radius 1 is 0.759 bits per heavy atom. The minimum absolute atomic E-state index is 0.741. The van der Waals surface area contributed by atoms with E-state index in [0.717, 1.165) is 47.0 Å². The van der Waals surface area contributed by atoms with E-state index in [1.165, 1.54) is 11.1 Å². The molecule has 0 radical (unpaired) electrons.